The van der Waals surface area contributed by atoms with Crippen molar-refractivity contribution in [2.24, 2.45) is 4.99 Å². The molecule has 0 aliphatic carbocycles. The van der Waals surface area contributed by atoms with Crippen LogP contribution in [0.1, 0.15) is 12.0 Å². The molecule has 0 radical (unpaired) electrons. The van der Waals surface area contributed by atoms with Crippen molar-refractivity contribution in [2.75, 3.05) is 41.3 Å². The molecule has 2 aromatic carbocycles. The fraction of sp³-hybridized carbons (Fsp3) is 0.333. The number of hydrogen-bond acceptors (Lipinski definition) is 5. The molecule has 1 aliphatic heterocycles. The van der Waals surface area contributed by atoms with Crippen LogP contribution >= 0.6 is 0 Å². The van der Waals surface area contributed by atoms with E-state index >= 15 is 0 Å². The minimum absolute atomic E-state index is 0.0537. The van der Waals surface area contributed by atoms with Gasteiger partial charge in [0.25, 0.3) is 5.91 Å². The molecule has 0 spiro atoms. The molecular formula is C24H28N4O3. The summed E-state index contributed by atoms with van der Waals surface area (Å²) in [7, 11) is 7.89. The van der Waals surface area contributed by atoms with Crippen LogP contribution in [0.4, 0.5) is 0 Å². The summed E-state index contributed by atoms with van der Waals surface area (Å²) in [5.41, 5.74) is 3.64. The second-order valence-electron chi connectivity index (χ2n) is 8.54. The van der Waals surface area contributed by atoms with Crippen molar-refractivity contribution in [1.82, 2.24) is 14.8 Å². The second-order valence-corrected chi connectivity index (χ2v) is 8.54. The van der Waals surface area contributed by atoms with Crippen LogP contribution in [0.15, 0.2) is 35.3 Å². The molecule has 1 amide bonds. The average molecular weight is 421 g/mol. The number of amides is 1. The smallest absolute Gasteiger partial charge is 0.274 e. The van der Waals surface area contributed by atoms with Crippen LogP contribution in [0.25, 0.3) is 27.7 Å². The first-order chi connectivity index (χ1) is 14.8. The van der Waals surface area contributed by atoms with Crippen LogP contribution in [-0.4, -0.2) is 72.2 Å². The van der Waals surface area contributed by atoms with Gasteiger partial charge in [-0.3, -0.25) is 4.79 Å². The fourth-order valence-electron chi connectivity index (χ4n) is 4.14. The number of likely N-dealkylation sites (N-methyl/N-ethyl adjacent to an activating group) is 1. The third kappa shape index (κ3) is 3.82. The number of carbonyl (C=O) groups excluding carboxylic acids is 1. The zero-order valence-corrected chi connectivity index (χ0v) is 18.4. The molecule has 0 saturated heterocycles. The number of phenols is 2. The van der Waals surface area contributed by atoms with Crippen LogP contribution in [0.5, 0.6) is 11.5 Å². The standard InChI is InChI=1S/C24H28N4O3/c1-27(2)12-10-14-20-17(6-5-7-19(20)29)25-22(14)16-8-9-18-21(23(16)30)15(24(31)26-18)11-13-28(3)4/h5-9,25,29-30H,10-13H2,1-4H3. The third-order valence-corrected chi connectivity index (χ3v) is 5.73. The van der Waals surface area contributed by atoms with Gasteiger partial charge in [0.05, 0.1) is 16.3 Å². The molecule has 0 atom stereocenters. The Morgan fingerprint density at radius 1 is 0.968 bits per heavy atom. The minimum Gasteiger partial charge on any atom is -0.507 e. The number of benzene rings is 2. The second kappa shape index (κ2) is 8.17. The molecule has 0 fully saturated rings. The van der Waals surface area contributed by atoms with Gasteiger partial charge >= 0.3 is 0 Å². The number of carbonyl (C=O) groups is 1. The van der Waals surface area contributed by atoms with Gasteiger partial charge in [-0.15, -0.1) is 0 Å². The van der Waals surface area contributed by atoms with E-state index in [1.165, 1.54) is 0 Å². The maximum atomic E-state index is 12.5. The molecule has 3 N–H and O–H groups in total. The van der Waals surface area contributed by atoms with E-state index in [9.17, 15) is 15.0 Å². The first-order valence-electron chi connectivity index (χ1n) is 10.4. The lowest BCUT2D eigenvalue weighted by atomic mass is 9.99. The monoisotopic (exact) mass is 420 g/mol. The van der Waals surface area contributed by atoms with Gasteiger partial charge in [0.1, 0.15) is 11.5 Å². The lowest BCUT2D eigenvalue weighted by molar-refractivity contribution is -0.112. The number of nitrogens with zero attached hydrogens (tertiary/aromatic N) is 3. The van der Waals surface area contributed by atoms with Gasteiger partial charge in [-0.05, 0) is 70.9 Å². The SMILES string of the molecule is CN(C)CCC1=c2c(O)c(-c3[nH]c4cccc(O)c4c3CCN(C)C)ccc2=NC1=O. The van der Waals surface area contributed by atoms with Crippen molar-refractivity contribution in [3.63, 3.8) is 0 Å². The summed E-state index contributed by atoms with van der Waals surface area (Å²) in [5.74, 6) is -0.0257. The van der Waals surface area contributed by atoms with Gasteiger partial charge in [-0.1, -0.05) is 6.07 Å². The Labute approximate surface area is 180 Å². The van der Waals surface area contributed by atoms with E-state index in [-0.39, 0.29) is 17.4 Å². The molecule has 7 nitrogen and oxygen atoms in total. The Balaban J connectivity index is 1.94. The molecule has 0 unspecified atom stereocenters. The number of fused-ring (bicyclic) bond motifs is 2. The number of aromatic amines is 1. The molecule has 4 rings (SSSR count). The summed E-state index contributed by atoms with van der Waals surface area (Å²) < 4.78 is 0. The highest BCUT2D eigenvalue weighted by molar-refractivity contribution is 6.16. The zero-order chi connectivity index (χ0) is 22.3. The van der Waals surface area contributed by atoms with Gasteiger partial charge in [-0.25, -0.2) is 4.99 Å². The number of aromatic hydroxyl groups is 2. The Morgan fingerprint density at radius 3 is 2.39 bits per heavy atom. The summed E-state index contributed by atoms with van der Waals surface area (Å²) in [6.45, 7) is 1.47. The molecule has 0 saturated carbocycles. The lowest BCUT2D eigenvalue weighted by Crippen LogP contribution is -2.25. The topological polar surface area (TPSA) is 92.2 Å². The van der Waals surface area contributed by atoms with E-state index < -0.39 is 0 Å². The van der Waals surface area contributed by atoms with Gasteiger partial charge < -0.3 is 25.0 Å². The van der Waals surface area contributed by atoms with Crippen molar-refractivity contribution in [3.8, 4) is 22.8 Å². The lowest BCUT2D eigenvalue weighted by Gasteiger charge is -2.12. The normalized spacial score (nSPS) is 13.5. The molecule has 1 aliphatic rings. The van der Waals surface area contributed by atoms with Crippen LogP contribution in [0.2, 0.25) is 0 Å². The largest absolute Gasteiger partial charge is 0.507 e. The summed E-state index contributed by atoms with van der Waals surface area (Å²) >= 11 is 0. The van der Waals surface area contributed by atoms with E-state index in [2.05, 4.69) is 14.9 Å². The molecular weight excluding hydrogens is 392 g/mol. The predicted octanol–water partition coefficient (Wildman–Crippen LogP) is 1.61. The zero-order valence-electron chi connectivity index (χ0n) is 18.4. The summed E-state index contributed by atoms with van der Waals surface area (Å²) in [4.78, 5) is 24.1. The quantitative estimate of drug-likeness (QED) is 0.540. The van der Waals surface area contributed by atoms with Gasteiger partial charge in [0, 0.05) is 35.1 Å². The predicted molar refractivity (Wildman–Crippen MR) is 122 cm³/mol. The van der Waals surface area contributed by atoms with Crippen molar-refractivity contribution >= 4 is 22.4 Å². The van der Waals surface area contributed by atoms with Crippen LogP contribution in [0.3, 0.4) is 0 Å². The summed E-state index contributed by atoms with van der Waals surface area (Å²) in [6.07, 6.45) is 1.21. The van der Waals surface area contributed by atoms with Gasteiger partial charge in [0.15, 0.2) is 0 Å². The number of H-pyrrole nitrogens is 1. The van der Waals surface area contributed by atoms with E-state index in [1.54, 1.807) is 24.3 Å². The minimum atomic E-state index is -0.286. The average Bonchev–Trinajstić information content (AvgIpc) is 3.23. The Hall–Kier alpha value is -3.16. The number of aromatic nitrogens is 1. The summed E-state index contributed by atoms with van der Waals surface area (Å²) in [6, 6.07) is 8.95. The Morgan fingerprint density at radius 2 is 1.68 bits per heavy atom. The maximum Gasteiger partial charge on any atom is 0.274 e. The first kappa shape index (κ1) is 21.1. The number of nitrogens with one attached hydrogen (secondary N) is 1. The van der Waals surface area contributed by atoms with E-state index in [4.69, 9.17) is 0 Å². The molecule has 3 aromatic rings. The Bertz CT molecular complexity index is 1290. The Kier molecular flexibility index (Phi) is 5.56. The third-order valence-electron chi connectivity index (χ3n) is 5.73. The van der Waals surface area contributed by atoms with E-state index in [1.807, 2.05) is 39.2 Å². The van der Waals surface area contributed by atoms with Gasteiger partial charge in [0.2, 0.25) is 0 Å². The first-order valence-corrected chi connectivity index (χ1v) is 10.4. The summed E-state index contributed by atoms with van der Waals surface area (Å²) in [5, 5.41) is 23.6. The molecule has 162 valence electrons. The van der Waals surface area contributed by atoms with Gasteiger partial charge in [-0.2, -0.15) is 0 Å². The molecule has 7 heteroatoms. The van der Waals surface area contributed by atoms with E-state index in [0.717, 1.165) is 28.7 Å². The highest BCUT2D eigenvalue weighted by Gasteiger charge is 2.23. The maximum absolute atomic E-state index is 12.5. The van der Waals surface area contributed by atoms with Crippen LogP contribution in [-0.2, 0) is 11.2 Å². The van der Waals surface area contributed by atoms with E-state index in [0.29, 0.717) is 41.1 Å². The number of phenolic OH excluding ortho intramolecular Hbond substituents is 2. The molecule has 0 bridgehead atoms. The highest BCUT2D eigenvalue weighted by Crippen LogP contribution is 2.38. The van der Waals surface area contributed by atoms with Crippen molar-refractivity contribution in [2.45, 2.75) is 12.8 Å². The fourth-order valence-corrected chi connectivity index (χ4v) is 4.14. The number of hydrogen-bond donors (Lipinski definition) is 3. The molecule has 31 heavy (non-hydrogen) atoms. The molecule has 1 aromatic heterocycles. The van der Waals surface area contributed by atoms with Crippen LogP contribution < -0.4 is 10.6 Å². The number of rotatable bonds is 7. The highest BCUT2D eigenvalue weighted by atomic mass is 16.3. The van der Waals surface area contributed by atoms with Crippen LogP contribution in [0, 0.1) is 0 Å². The van der Waals surface area contributed by atoms with Crippen molar-refractivity contribution in [1.29, 1.82) is 0 Å². The van der Waals surface area contributed by atoms with Crippen molar-refractivity contribution < 1.29 is 15.0 Å². The van der Waals surface area contributed by atoms with Crippen molar-refractivity contribution in [3.05, 3.63) is 46.5 Å². The molecule has 2 heterocycles.